The normalized spacial score (nSPS) is 15.5. The maximum Gasteiger partial charge on any atom is 0.136 e. The van der Waals surface area contributed by atoms with E-state index in [0.29, 0.717) is 0 Å². The molecule has 0 saturated carbocycles. The Labute approximate surface area is 362 Å². The Hall–Kier alpha value is -7.68. The number of hydrogen-bond donors (Lipinski definition) is 0. The van der Waals surface area contributed by atoms with E-state index in [1.165, 1.54) is 60.9 Å². The first-order valence-electron chi connectivity index (χ1n) is 21.7. The van der Waals surface area contributed by atoms with Gasteiger partial charge in [-0.3, -0.25) is 0 Å². The van der Waals surface area contributed by atoms with Crippen molar-refractivity contribution in [3.63, 3.8) is 0 Å². The third kappa shape index (κ3) is 5.64. The zero-order valence-corrected chi connectivity index (χ0v) is 34.6. The summed E-state index contributed by atoms with van der Waals surface area (Å²) in [6.45, 7) is 2.40. The van der Waals surface area contributed by atoms with E-state index >= 15 is 0 Å². The molecule has 0 bridgehead atoms. The molecule has 1 heterocycles. The van der Waals surface area contributed by atoms with Gasteiger partial charge in [0.25, 0.3) is 0 Å². The van der Waals surface area contributed by atoms with Crippen molar-refractivity contribution in [3.05, 3.63) is 241 Å². The van der Waals surface area contributed by atoms with Crippen molar-refractivity contribution in [3.8, 4) is 33.4 Å². The first-order valence-corrected chi connectivity index (χ1v) is 21.7. The highest BCUT2D eigenvalue weighted by atomic mass is 16.3. The number of furan rings is 1. The van der Waals surface area contributed by atoms with Crippen LogP contribution < -0.4 is 4.90 Å². The molecule has 0 spiro atoms. The maximum atomic E-state index is 6.39. The van der Waals surface area contributed by atoms with Crippen LogP contribution in [0.1, 0.15) is 42.0 Å². The van der Waals surface area contributed by atoms with Crippen LogP contribution in [0.5, 0.6) is 0 Å². The van der Waals surface area contributed by atoms with Gasteiger partial charge in [0.05, 0.1) is 5.69 Å². The highest BCUT2D eigenvalue weighted by Gasteiger charge is 2.41. The third-order valence-corrected chi connectivity index (χ3v) is 13.4. The number of fused-ring (bicyclic) bond motifs is 7. The molecule has 0 amide bonds. The molecule has 2 nitrogen and oxygen atoms in total. The summed E-state index contributed by atoms with van der Waals surface area (Å²) in [4.78, 5) is 2.49. The average Bonchev–Trinajstić information content (AvgIpc) is 3.85. The van der Waals surface area contributed by atoms with Crippen LogP contribution in [0.15, 0.2) is 223 Å². The molecule has 1 unspecified atom stereocenters. The third-order valence-electron chi connectivity index (χ3n) is 13.4. The number of allylic oxidation sites excluding steroid dienone is 4. The fourth-order valence-electron chi connectivity index (χ4n) is 10.5. The van der Waals surface area contributed by atoms with E-state index in [-0.39, 0.29) is 5.41 Å². The number of rotatable bonds is 7. The minimum Gasteiger partial charge on any atom is -0.456 e. The molecule has 2 aliphatic carbocycles. The average molecular weight is 794 g/mol. The van der Waals surface area contributed by atoms with Gasteiger partial charge in [-0.05, 0) is 129 Å². The predicted molar refractivity (Wildman–Crippen MR) is 261 cm³/mol. The Morgan fingerprint density at radius 1 is 0.484 bits per heavy atom. The lowest BCUT2D eigenvalue weighted by atomic mass is 9.74. The van der Waals surface area contributed by atoms with Crippen molar-refractivity contribution in [1.82, 2.24) is 0 Å². The molecule has 0 radical (unpaired) electrons. The van der Waals surface area contributed by atoms with Gasteiger partial charge in [-0.2, -0.15) is 0 Å². The van der Waals surface area contributed by atoms with Crippen molar-refractivity contribution in [2.45, 2.75) is 25.2 Å². The van der Waals surface area contributed by atoms with Crippen LogP contribution in [0.4, 0.5) is 17.1 Å². The zero-order valence-electron chi connectivity index (χ0n) is 34.6. The lowest BCUT2D eigenvalue weighted by Crippen LogP contribution is -2.22. The van der Waals surface area contributed by atoms with Crippen molar-refractivity contribution < 1.29 is 4.42 Å². The van der Waals surface area contributed by atoms with Crippen LogP contribution in [0, 0.1) is 0 Å². The van der Waals surface area contributed by atoms with E-state index in [1.807, 2.05) is 6.07 Å². The van der Waals surface area contributed by atoms with E-state index in [1.54, 1.807) is 0 Å². The van der Waals surface area contributed by atoms with Gasteiger partial charge in [0.15, 0.2) is 0 Å². The summed E-state index contributed by atoms with van der Waals surface area (Å²) in [5.74, 6) is 0. The van der Waals surface area contributed by atoms with E-state index in [9.17, 15) is 0 Å². The molecule has 9 aromatic carbocycles. The van der Waals surface area contributed by atoms with Crippen LogP contribution in [0.25, 0.3) is 71.7 Å². The summed E-state index contributed by atoms with van der Waals surface area (Å²) in [7, 11) is 0. The van der Waals surface area contributed by atoms with Gasteiger partial charge < -0.3 is 9.32 Å². The van der Waals surface area contributed by atoms with E-state index in [4.69, 9.17) is 4.42 Å². The topological polar surface area (TPSA) is 16.4 Å². The maximum absolute atomic E-state index is 6.39. The van der Waals surface area contributed by atoms with E-state index in [2.05, 4.69) is 224 Å². The van der Waals surface area contributed by atoms with E-state index < -0.39 is 0 Å². The second kappa shape index (κ2) is 14.5. The molecule has 1 atom stereocenters. The molecule has 62 heavy (non-hydrogen) atoms. The molecule has 0 fully saturated rings. The minimum atomic E-state index is -0.346. The van der Waals surface area contributed by atoms with Gasteiger partial charge in [0.2, 0.25) is 0 Å². The second-order valence-electron chi connectivity index (χ2n) is 16.8. The van der Waals surface area contributed by atoms with Gasteiger partial charge in [-0.1, -0.05) is 176 Å². The molecule has 2 aliphatic rings. The van der Waals surface area contributed by atoms with Crippen molar-refractivity contribution in [2.24, 2.45) is 0 Å². The number of benzene rings is 9. The van der Waals surface area contributed by atoms with Gasteiger partial charge >= 0.3 is 0 Å². The molecule has 294 valence electrons. The standard InChI is InChI=1S/C60H43NO/c1-60(43-23-6-3-7-24-43)53-32-11-8-26-48(53)49-37-36-45(39-54(49)60)61(44-25-14-22-42(38-44)47-30-17-35-57-59(47)52-28-10-13-34-56(52)62-57)55-33-12-9-27-50(55)51-31-16-21-41-20-15-29-46(58(41)51)40-18-4-2-5-19-40/h2-4,6-18,20-39H,5,19H2,1H3. The lowest BCUT2D eigenvalue weighted by molar-refractivity contribution is 0.669. The van der Waals surface area contributed by atoms with Gasteiger partial charge in [0.1, 0.15) is 11.2 Å². The highest BCUT2D eigenvalue weighted by Crippen LogP contribution is 2.54. The Morgan fingerprint density at radius 3 is 2.03 bits per heavy atom. The largest absolute Gasteiger partial charge is 0.456 e. The van der Waals surface area contributed by atoms with Crippen molar-refractivity contribution >= 4 is 55.3 Å². The molecular formula is C60H43NO. The first-order chi connectivity index (χ1) is 30.6. The van der Waals surface area contributed by atoms with Gasteiger partial charge in [0, 0.05) is 33.1 Å². The summed E-state index contributed by atoms with van der Waals surface area (Å²) in [6, 6.07) is 73.5. The predicted octanol–water partition coefficient (Wildman–Crippen LogP) is 16.6. The van der Waals surface area contributed by atoms with Crippen LogP contribution in [0.2, 0.25) is 0 Å². The molecule has 0 saturated heterocycles. The summed E-state index contributed by atoms with van der Waals surface area (Å²) in [5.41, 5.74) is 18.6. The lowest BCUT2D eigenvalue weighted by Gasteiger charge is -2.32. The molecule has 2 heteroatoms. The number of para-hydroxylation sites is 2. The fourth-order valence-corrected chi connectivity index (χ4v) is 10.5. The number of hydrogen-bond acceptors (Lipinski definition) is 2. The Kier molecular flexibility index (Phi) is 8.47. The molecule has 0 N–H and O–H groups in total. The highest BCUT2D eigenvalue weighted by molar-refractivity contribution is 6.13. The molecule has 1 aromatic heterocycles. The van der Waals surface area contributed by atoms with Crippen molar-refractivity contribution in [2.75, 3.05) is 4.90 Å². The van der Waals surface area contributed by atoms with E-state index in [0.717, 1.165) is 63.0 Å². The number of anilines is 3. The second-order valence-corrected chi connectivity index (χ2v) is 16.8. The molecular weight excluding hydrogens is 751 g/mol. The van der Waals surface area contributed by atoms with Crippen LogP contribution in [0.3, 0.4) is 0 Å². The Balaban J connectivity index is 1.12. The fraction of sp³-hybridized carbons (Fsp3) is 0.0667. The summed E-state index contributed by atoms with van der Waals surface area (Å²) in [6.07, 6.45) is 8.86. The Morgan fingerprint density at radius 2 is 1.16 bits per heavy atom. The summed E-state index contributed by atoms with van der Waals surface area (Å²) >= 11 is 0. The molecule has 12 rings (SSSR count). The molecule has 10 aromatic rings. The van der Waals surface area contributed by atoms with Crippen LogP contribution in [-0.2, 0) is 5.41 Å². The Bertz CT molecular complexity index is 3430. The summed E-state index contributed by atoms with van der Waals surface area (Å²) < 4.78 is 6.39. The minimum absolute atomic E-state index is 0.346. The van der Waals surface area contributed by atoms with Gasteiger partial charge in [-0.15, -0.1) is 0 Å². The van der Waals surface area contributed by atoms with Gasteiger partial charge in [-0.25, -0.2) is 0 Å². The molecule has 0 aliphatic heterocycles. The number of nitrogens with zero attached hydrogens (tertiary/aromatic N) is 1. The smallest absolute Gasteiger partial charge is 0.136 e. The SMILES string of the molecule is CC1(c2ccccc2)c2ccccc2-c2ccc(N(c3cccc(-c4cccc5oc6ccccc6c45)c3)c3ccccc3-c3cccc4cccc(C5=CC=CCC5)c34)cc21. The first kappa shape index (κ1) is 36.2. The van der Waals surface area contributed by atoms with Crippen LogP contribution in [-0.4, -0.2) is 0 Å². The summed E-state index contributed by atoms with van der Waals surface area (Å²) in [5, 5.41) is 4.79. The monoisotopic (exact) mass is 793 g/mol. The quantitative estimate of drug-likeness (QED) is 0.160. The zero-order chi connectivity index (χ0) is 41.2. The van der Waals surface area contributed by atoms with Crippen molar-refractivity contribution in [1.29, 1.82) is 0 Å². The van der Waals surface area contributed by atoms with Crippen LogP contribution >= 0.6 is 0 Å².